The summed E-state index contributed by atoms with van der Waals surface area (Å²) in [6, 6.07) is 0. The molecule has 0 amide bonds. The van der Waals surface area contributed by atoms with Crippen molar-refractivity contribution in [2.75, 3.05) is 39.6 Å². The molecule has 0 spiro atoms. The van der Waals surface area contributed by atoms with Gasteiger partial charge < -0.3 is 33.8 Å². The predicted molar refractivity (Wildman–Crippen MR) is 400 cm³/mol. The number of hydrogen-bond acceptors (Lipinski definition) is 15. The van der Waals surface area contributed by atoms with Crippen LogP contribution in [0.4, 0.5) is 0 Å². The first kappa shape index (κ1) is 94.8. The summed E-state index contributed by atoms with van der Waals surface area (Å²) in [4.78, 5) is 72.9. The summed E-state index contributed by atoms with van der Waals surface area (Å²) in [5, 5.41) is 10.6. The lowest BCUT2D eigenvalue weighted by atomic mass is 10.0. The van der Waals surface area contributed by atoms with Gasteiger partial charge in [-0.05, 0) is 109 Å². The molecule has 0 aromatic carbocycles. The summed E-state index contributed by atoms with van der Waals surface area (Å²) in [5.41, 5.74) is 0. The summed E-state index contributed by atoms with van der Waals surface area (Å²) in [7, 11) is -9.94. The fourth-order valence-electron chi connectivity index (χ4n) is 10.9. The lowest BCUT2D eigenvalue weighted by Gasteiger charge is -2.21. The SMILES string of the molecule is CC/C=C\C/C=C\C/C=C\CCCCCCCCCC(=O)OCC(COP(=O)(O)OCC(O)COP(=O)(O)OCC(COC(=O)CCCCCCC/C=C\CCCCCCCC)OC(=O)CCCCCCCCCCCCCCC)OC(=O)CCCCCCC/C=C\CCCCCC. The summed E-state index contributed by atoms with van der Waals surface area (Å²) < 4.78 is 68.5. The Kier molecular flexibility index (Phi) is 69.7. The average Bonchev–Trinajstić information content (AvgIpc) is 0.969. The van der Waals surface area contributed by atoms with Crippen LogP contribution < -0.4 is 0 Å². The Labute approximate surface area is 597 Å². The Hall–Kier alpha value is -3.24. The topological polar surface area (TPSA) is 237 Å². The molecule has 19 heteroatoms. The second-order valence-electron chi connectivity index (χ2n) is 26.6. The highest BCUT2D eigenvalue weighted by Gasteiger charge is 2.30. The highest BCUT2D eigenvalue weighted by molar-refractivity contribution is 7.47. The molecule has 3 N–H and O–H groups in total. The number of phosphoric ester groups is 2. The highest BCUT2D eigenvalue weighted by atomic mass is 31.2. The quantitative estimate of drug-likeness (QED) is 0.0169. The van der Waals surface area contributed by atoms with Crippen LogP contribution in [-0.2, 0) is 65.4 Å². The number of rotatable bonds is 75. The van der Waals surface area contributed by atoms with Crippen LogP contribution in [0, 0.1) is 0 Å². The molecule has 0 fully saturated rings. The number of esters is 4. The van der Waals surface area contributed by atoms with Crippen LogP contribution in [0.2, 0.25) is 0 Å². The molecule has 0 aromatic rings. The third-order valence-corrected chi connectivity index (χ3v) is 18.9. The molecule has 17 nitrogen and oxygen atoms in total. The van der Waals surface area contributed by atoms with Crippen LogP contribution in [-0.4, -0.2) is 96.7 Å². The van der Waals surface area contributed by atoms with E-state index < -0.39 is 97.5 Å². The smallest absolute Gasteiger partial charge is 0.462 e. The molecule has 0 radical (unpaired) electrons. The van der Waals surface area contributed by atoms with Crippen molar-refractivity contribution in [3.8, 4) is 0 Å². The van der Waals surface area contributed by atoms with Crippen LogP contribution in [0.5, 0.6) is 0 Å². The van der Waals surface area contributed by atoms with Gasteiger partial charge in [0, 0.05) is 25.7 Å². The number of aliphatic hydroxyl groups excluding tert-OH is 1. The van der Waals surface area contributed by atoms with E-state index in [1.54, 1.807) is 0 Å². The van der Waals surface area contributed by atoms with Crippen molar-refractivity contribution >= 4 is 39.5 Å². The summed E-state index contributed by atoms with van der Waals surface area (Å²) >= 11 is 0. The molecule has 0 bridgehead atoms. The standard InChI is InChI=1S/C79H144O17P2/c1-5-9-13-17-21-25-29-33-35-36-38-42-44-48-52-56-60-64-77(82)90-70-75(96-79(84)66-62-58-54-50-46-40-32-28-24-20-16-12-8-4)72-94-98(87,88)92-68-73(80)67-91-97(85,86)93-71-74(95-78(83)65-61-57-53-49-45-39-31-27-23-19-15-11-7-3)69-89-76(81)63-59-55-51-47-43-41-37-34-30-26-22-18-14-10-6-2/h9,13,21,25,28,32-35,37,73-75,80H,5-8,10-12,14-20,22-24,26-27,29-31,36,38-72H2,1-4H3,(H,85,86)(H,87,88)/b13-9-,25-21-,32-28-,35-33-,37-34-. The van der Waals surface area contributed by atoms with Gasteiger partial charge in [0.05, 0.1) is 26.4 Å². The van der Waals surface area contributed by atoms with E-state index in [4.69, 9.17) is 37.0 Å². The first-order chi connectivity index (χ1) is 47.7. The van der Waals surface area contributed by atoms with E-state index in [1.807, 2.05) is 0 Å². The van der Waals surface area contributed by atoms with Gasteiger partial charge in [-0.2, -0.15) is 0 Å². The summed E-state index contributed by atoms with van der Waals surface area (Å²) in [6.07, 6.45) is 70.5. The lowest BCUT2D eigenvalue weighted by molar-refractivity contribution is -0.161. The molecule has 0 aromatic heterocycles. The van der Waals surface area contributed by atoms with Crippen LogP contribution >= 0.6 is 15.6 Å². The van der Waals surface area contributed by atoms with Crippen molar-refractivity contribution in [1.82, 2.24) is 0 Å². The molecular formula is C79H144O17P2. The lowest BCUT2D eigenvalue weighted by Crippen LogP contribution is -2.30. The van der Waals surface area contributed by atoms with Crippen molar-refractivity contribution in [2.24, 2.45) is 0 Å². The van der Waals surface area contributed by atoms with Gasteiger partial charge in [-0.1, -0.05) is 288 Å². The molecule has 5 unspecified atom stereocenters. The number of allylic oxidation sites excluding steroid dienone is 10. The highest BCUT2D eigenvalue weighted by Crippen LogP contribution is 2.45. The van der Waals surface area contributed by atoms with Crippen LogP contribution in [0.15, 0.2) is 60.8 Å². The molecule has 0 aliphatic heterocycles. The van der Waals surface area contributed by atoms with Crippen molar-refractivity contribution in [1.29, 1.82) is 0 Å². The van der Waals surface area contributed by atoms with Crippen molar-refractivity contribution < 1.29 is 80.2 Å². The van der Waals surface area contributed by atoms with E-state index in [0.29, 0.717) is 25.7 Å². The van der Waals surface area contributed by atoms with Gasteiger partial charge in [-0.15, -0.1) is 0 Å². The molecular weight excluding hydrogens is 1280 g/mol. The maximum absolute atomic E-state index is 13.1. The molecule has 0 aliphatic rings. The minimum absolute atomic E-state index is 0.0861. The van der Waals surface area contributed by atoms with Gasteiger partial charge >= 0.3 is 39.5 Å². The Morgan fingerprint density at radius 2 is 0.531 bits per heavy atom. The second-order valence-corrected chi connectivity index (χ2v) is 29.5. The molecule has 0 heterocycles. The molecule has 0 saturated heterocycles. The van der Waals surface area contributed by atoms with E-state index in [2.05, 4.69) is 88.5 Å². The zero-order valence-corrected chi connectivity index (χ0v) is 64.3. The van der Waals surface area contributed by atoms with Crippen molar-refractivity contribution in [3.63, 3.8) is 0 Å². The normalized spacial score (nSPS) is 14.2. The first-order valence-corrected chi connectivity index (χ1v) is 42.5. The molecule has 98 heavy (non-hydrogen) atoms. The van der Waals surface area contributed by atoms with Crippen molar-refractivity contribution in [2.45, 2.75) is 380 Å². The van der Waals surface area contributed by atoms with Gasteiger partial charge in [-0.3, -0.25) is 37.3 Å². The molecule has 0 rings (SSSR count). The number of phosphoric acid groups is 2. The Bertz CT molecular complexity index is 2100. The Morgan fingerprint density at radius 3 is 0.837 bits per heavy atom. The number of aliphatic hydroxyl groups is 1. The van der Waals surface area contributed by atoms with E-state index >= 15 is 0 Å². The van der Waals surface area contributed by atoms with Crippen LogP contribution in [0.25, 0.3) is 0 Å². The fraction of sp³-hybridized carbons (Fsp3) is 0.823. The van der Waals surface area contributed by atoms with Gasteiger partial charge in [0.2, 0.25) is 0 Å². The number of carbonyl (C=O) groups is 4. The Balaban J connectivity index is 5.31. The third kappa shape index (κ3) is 71.2. The third-order valence-electron chi connectivity index (χ3n) is 17.0. The van der Waals surface area contributed by atoms with Gasteiger partial charge in [-0.25, -0.2) is 9.13 Å². The maximum atomic E-state index is 13.1. The largest absolute Gasteiger partial charge is 0.472 e. The number of carbonyl (C=O) groups excluding carboxylic acids is 4. The average molecular weight is 1430 g/mol. The van der Waals surface area contributed by atoms with E-state index in [9.17, 15) is 43.2 Å². The van der Waals surface area contributed by atoms with Crippen LogP contribution in [0.3, 0.4) is 0 Å². The maximum Gasteiger partial charge on any atom is 0.472 e. The number of unbranched alkanes of at least 4 members (excludes halogenated alkanes) is 39. The minimum Gasteiger partial charge on any atom is -0.462 e. The number of hydrogen-bond donors (Lipinski definition) is 3. The zero-order chi connectivity index (χ0) is 71.8. The summed E-state index contributed by atoms with van der Waals surface area (Å²) in [5.74, 6) is -2.17. The minimum atomic E-state index is -4.97. The first-order valence-electron chi connectivity index (χ1n) is 39.5. The van der Waals surface area contributed by atoms with Gasteiger partial charge in [0.25, 0.3) is 0 Å². The zero-order valence-electron chi connectivity index (χ0n) is 62.5. The van der Waals surface area contributed by atoms with Gasteiger partial charge in [0.1, 0.15) is 19.3 Å². The Morgan fingerprint density at radius 1 is 0.296 bits per heavy atom. The predicted octanol–water partition coefficient (Wildman–Crippen LogP) is 22.7. The monoisotopic (exact) mass is 1430 g/mol. The number of ether oxygens (including phenoxy) is 4. The molecule has 5 atom stereocenters. The molecule has 0 saturated carbocycles. The van der Waals surface area contributed by atoms with Crippen molar-refractivity contribution in [3.05, 3.63) is 60.8 Å². The van der Waals surface area contributed by atoms with Gasteiger partial charge in [0.15, 0.2) is 12.2 Å². The molecule has 0 aliphatic carbocycles. The van der Waals surface area contributed by atoms with Crippen LogP contribution in [0.1, 0.15) is 362 Å². The fourth-order valence-corrected chi connectivity index (χ4v) is 12.5. The summed E-state index contributed by atoms with van der Waals surface area (Å²) in [6.45, 7) is 4.78. The van der Waals surface area contributed by atoms with E-state index in [0.717, 1.165) is 167 Å². The second kappa shape index (κ2) is 72.1. The molecule has 572 valence electrons. The van der Waals surface area contributed by atoms with E-state index in [-0.39, 0.29) is 25.7 Å². The van der Waals surface area contributed by atoms with E-state index in [1.165, 1.54) is 116 Å².